The summed E-state index contributed by atoms with van der Waals surface area (Å²) < 4.78 is 9.12. The molecule has 0 bridgehead atoms. The lowest BCUT2D eigenvalue weighted by Gasteiger charge is -2.09. The number of aryl methyl sites for hydroxylation is 2. The first-order chi connectivity index (χ1) is 10.2. The Balaban J connectivity index is 2.26. The average Bonchev–Trinajstić information content (AvgIpc) is 3.05. The van der Waals surface area contributed by atoms with E-state index in [1.807, 2.05) is 40.6 Å². The number of benzene rings is 1. The highest BCUT2D eigenvalue weighted by atomic mass is 35.5. The van der Waals surface area contributed by atoms with Crippen LogP contribution in [0.15, 0.2) is 24.3 Å². The van der Waals surface area contributed by atoms with Crippen molar-refractivity contribution in [2.45, 2.75) is 19.2 Å². The van der Waals surface area contributed by atoms with Crippen LogP contribution in [0, 0.1) is 0 Å². The number of imidazole rings is 1. The van der Waals surface area contributed by atoms with E-state index in [0.717, 1.165) is 40.5 Å². The van der Waals surface area contributed by atoms with E-state index in [9.17, 15) is 0 Å². The van der Waals surface area contributed by atoms with Gasteiger partial charge in [0.1, 0.15) is 17.1 Å². The second-order valence-electron chi connectivity index (χ2n) is 4.79. The molecule has 0 fully saturated rings. The molecule has 0 aliphatic heterocycles. The second-order valence-corrected chi connectivity index (χ2v) is 5.06. The predicted octanol–water partition coefficient (Wildman–Crippen LogP) is 3.07. The van der Waals surface area contributed by atoms with Gasteiger partial charge in [-0.05, 0) is 30.7 Å². The first-order valence-electron chi connectivity index (χ1n) is 6.83. The van der Waals surface area contributed by atoms with Crippen LogP contribution >= 0.6 is 11.6 Å². The highest BCUT2D eigenvalue weighted by Gasteiger charge is 2.19. The van der Waals surface area contributed by atoms with E-state index < -0.39 is 0 Å². The fourth-order valence-electron chi connectivity index (χ4n) is 2.55. The van der Waals surface area contributed by atoms with Gasteiger partial charge in [0.15, 0.2) is 5.65 Å². The number of halogens is 1. The summed E-state index contributed by atoms with van der Waals surface area (Å²) in [4.78, 5) is 4.66. The topological polar surface area (TPSA) is 44.9 Å². The van der Waals surface area contributed by atoms with Crippen molar-refractivity contribution in [2.75, 3.05) is 7.11 Å². The van der Waals surface area contributed by atoms with Crippen molar-refractivity contribution in [1.82, 2.24) is 19.3 Å². The van der Waals surface area contributed by atoms with E-state index in [-0.39, 0.29) is 0 Å². The van der Waals surface area contributed by atoms with Crippen LogP contribution in [0.4, 0.5) is 0 Å². The molecule has 110 valence electrons. The molecule has 0 saturated heterocycles. The van der Waals surface area contributed by atoms with Crippen molar-refractivity contribution >= 4 is 22.8 Å². The predicted molar refractivity (Wildman–Crippen MR) is 83.3 cm³/mol. The van der Waals surface area contributed by atoms with Crippen molar-refractivity contribution in [2.24, 2.45) is 7.05 Å². The van der Waals surface area contributed by atoms with Crippen LogP contribution in [0.5, 0.6) is 5.75 Å². The summed E-state index contributed by atoms with van der Waals surface area (Å²) in [5.74, 6) is 1.99. The minimum atomic E-state index is 0.351. The number of rotatable bonds is 4. The van der Waals surface area contributed by atoms with Gasteiger partial charge in [0.05, 0.1) is 18.7 Å². The summed E-state index contributed by atoms with van der Waals surface area (Å²) in [5.41, 5.74) is 3.88. The molecule has 3 rings (SSSR count). The maximum atomic E-state index is 6.08. The minimum absolute atomic E-state index is 0.351. The Morgan fingerprint density at radius 2 is 1.95 bits per heavy atom. The molecule has 0 aliphatic carbocycles. The SMILES string of the molecule is CCc1nn(C)c2c1nc(CCl)n2-c1ccc(OC)cc1. The molecule has 2 aromatic heterocycles. The third kappa shape index (κ3) is 2.17. The highest BCUT2D eigenvalue weighted by molar-refractivity contribution is 6.17. The summed E-state index contributed by atoms with van der Waals surface area (Å²) in [5, 5.41) is 4.53. The molecule has 2 heterocycles. The van der Waals surface area contributed by atoms with Gasteiger partial charge in [0.25, 0.3) is 0 Å². The number of hydrogen-bond acceptors (Lipinski definition) is 3. The Labute approximate surface area is 128 Å². The maximum absolute atomic E-state index is 6.08. The zero-order chi connectivity index (χ0) is 15.0. The fraction of sp³-hybridized carbons (Fsp3) is 0.333. The van der Waals surface area contributed by atoms with Crippen LogP contribution in [-0.2, 0) is 19.3 Å². The summed E-state index contributed by atoms with van der Waals surface area (Å²) in [6.07, 6.45) is 0.846. The van der Waals surface area contributed by atoms with Gasteiger partial charge in [-0.2, -0.15) is 5.10 Å². The molecule has 5 nitrogen and oxygen atoms in total. The van der Waals surface area contributed by atoms with Crippen LogP contribution in [0.2, 0.25) is 0 Å². The average molecular weight is 305 g/mol. The Morgan fingerprint density at radius 3 is 2.52 bits per heavy atom. The fourth-order valence-corrected chi connectivity index (χ4v) is 2.73. The molecule has 21 heavy (non-hydrogen) atoms. The molecule has 0 saturated carbocycles. The maximum Gasteiger partial charge on any atom is 0.163 e. The molecule has 6 heteroatoms. The first kappa shape index (κ1) is 13.9. The van der Waals surface area contributed by atoms with E-state index in [1.54, 1.807) is 7.11 Å². The molecule has 0 amide bonds. The third-order valence-electron chi connectivity index (χ3n) is 3.56. The quantitative estimate of drug-likeness (QED) is 0.696. The molecule has 0 aliphatic rings. The number of fused-ring (bicyclic) bond motifs is 1. The number of hydrogen-bond donors (Lipinski definition) is 0. The number of aromatic nitrogens is 4. The van der Waals surface area contributed by atoms with Crippen LogP contribution < -0.4 is 4.74 Å². The summed E-state index contributed by atoms with van der Waals surface area (Å²) in [7, 11) is 3.59. The third-order valence-corrected chi connectivity index (χ3v) is 3.80. The number of ether oxygens (including phenoxy) is 1. The number of alkyl halides is 1. The highest BCUT2D eigenvalue weighted by Crippen LogP contribution is 2.26. The van der Waals surface area contributed by atoms with Gasteiger partial charge in [-0.1, -0.05) is 6.92 Å². The molecular formula is C15H17ClN4O. The van der Waals surface area contributed by atoms with Gasteiger partial charge < -0.3 is 4.74 Å². The number of nitrogens with zero attached hydrogens (tertiary/aromatic N) is 4. The summed E-state index contributed by atoms with van der Waals surface area (Å²) in [6, 6.07) is 7.84. The van der Waals surface area contributed by atoms with E-state index in [1.165, 1.54) is 0 Å². The van der Waals surface area contributed by atoms with Gasteiger partial charge in [0.2, 0.25) is 0 Å². The molecule has 3 aromatic rings. The Morgan fingerprint density at radius 1 is 1.24 bits per heavy atom. The van der Waals surface area contributed by atoms with Gasteiger partial charge in [0, 0.05) is 12.7 Å². The lowest BCUT2D eigenvalue weighted by molar-refractivity contribution is 0.414. The van der Waals surface area contributed by atoms with Gasteiger partial charge in [-0.25, -0.2) is 9.67 Å². The van der Waals surface area contributed by atoms with E-state index in [4.69, 9.17) is 16.3 Å². The van der Waals surface area contributed by atoms with Gasteiger partial charge >= 0.3 is 0 Å². The Kier molecular flexibility index (Phi) is 3.59. The smallest absolute Gasteiger partial charge is 0.163 e. The monoisotopic (exact) mass is 304 g/mol. The molecule has 0 radical (unpaired) electrons. The molecule has 0 atom stereocenters. The lowest BCUT2D eigenvalue weighted by atomic mass is 10.3. The molecule has 1 aromatic carbocycles. The molecular weight excluding hydrogens is 288 g/mol. The van der Waals surface area contributed by atoms with Crippen molar-refractivity contribution in [3.63, 3.8) is 0 Å². The lowest BCUT2D eigenvalue weighted by Crippen LogP contribution is -2.04. The largest absolute Gasteiger partial charge is 0.497 e. The minimum Gasteiger partial charge on any atom is -0.497 e. The van der Waals surface area contributed by atoms with Crippen molar-refractivity contribution < 1.29 is 4.74 Å². The standard InChI is InChI=1S/C15H17ClN4O/c1-4-12-14-15(19(2)18-12)20(13(9-16)17-14)10-5-7-11(21-3)8-6-10/h5-8H,4,9H2,1-3H3. The van der Waals surface area contributed by atoms with Crippen LogP contribution in [-0.4, -0.2) is 26.4 Å². The zero-order valence-electron chi connectivity index (χ0n) is 12.3. The normalized spacial score (nSPS) is 11.2. The van der Waals surface area contributed by atoms with Crippen LogP contribution in [0.3, 0.4) is 0 Å². The molecule has 0 unspecified atom stereocenters. The second kappa shape index (κ2) is 5.41. The zero-order valence-corrected chi connectivity index (χ0v) is 13.1. The van der Waals surface area contributed by atoms with Crippen molar-refractivity contribution in [3.8, 4) is 11.4 Å². The van der Waals surface area contributed by atoms with E-state index in [0.29, 0.717) is 5.88 Å². The Hall–Kier alpha value is -2.01. The van der Waals surface area contributed by atoms with E-state index >= 15 is 0 Å². The van der Waals surface area contributed by atoms with Crippen molar-refractivity contribution in [1.29, 1.82) is 0 Å². The summed E-state index contributed by atoms with van der Waals surface area (Å²) >= 11 is 6.08. The van der Waals surface area contributed by atoms with Crippen LogP contribution in [0.1, 0.15) is 18.4 Å². The van der Waals surface area contributed by atoms with E-state index in [2.05, 4.69) is 17.0 Å². The molecule has 0 N–H and O–H groups in total. The van der Waals surface area contributed by atoms with Gasteiger partial charge in [-0.3, -0.25) is 4.57 Å². The first-order valence-corrected chi connectivity index (χ1v) is 7.36. The van der Waals surface area contributed by atoms with Crippen molar-refractivity contribution in [3.05, 3.63) is 35.8 Å². The number of methoxy groups -OCH3 is 1. The summed E-state index contributed by atoms with van der Waals surface area (Å²) in [6.45, 7) is 2.08. The van der Waals surface area contributed by atoms with Crippen LogP contribution in [0.25, 0.3) is 16.9 Å². The van der Waals surface area contributed by atoms with Gasteiger partial charge in [-0.15, -0.1) is 11.6 Å². The molecule has 0 spiro atoms. The Bertz CT molecular complexity index is 773.